The van der Waals surface area contributed by atoms with Gasteiger partial charge in [0.25, 0.3) is 0 Å². The molecule has 0 saturated heterocycles. The summed E-state index contributed by atoms with van der Waals surface area (Å²) in [5.41, 5.74) is -0.620. The van der Waals surface area contributed by atoms with E-state index in [0.717, 1.165) is 0 Å². The van der Waals surface area contributed by atoms with Gasteiger partial charge in [0, 0.05) is 28.8 Å². The number of esters is 1. The molecule has 9 nitrogen and oxygen atoms in total. The number of fused-ring (bicyclic) bond motifs is 6. The summed E-state index contributed by atoms with van der Waals surface area (Å²) >= 11 is 0. The van der Waals surface area contributed by atoms with Crippen LogP contribution in [0.5, 0.6) is 23.0 Å². The Labute approximate surface area is 192 Å². The predicted octanol–water partition coefficient (Wildman–Crippen LogP) is 3.63. The van der Waals surface area contributed by atoms with E-state index in [1.54, 1.807) is 0 Å². The van der Waals surface area contributed by atoms with Crippen LogP contribution >= 0.6 is 0 Å². The number of carbonyl (C=O) groups is 3. The first-order valence-corrected chi connectivity index (χ1v) is 10.3. The number of aromatic carboxylic acids is 1. The number of rotatable bonds is 4. The van der Waals surface area contributed by atoms with E-state index >= 15 is 0 Å². The van der Waals surface area contributed by atoms with E-state index in [0.29, 0.717) is 16.7 Å². The minimum Gasteiger partial charge on any atom is -0.508 e. The third-order valence-electron chi connectivity index (χ3n) is 6.21. The molecule has 1 spiro atoms. The minimum absolute atomic E-state index is 0.0204. The van der Waals surface area contributed by atoms with Crippen LogP contribution in [-0.4, -0.2) is 38.3 Å². The van der Waals surface area contributed by atoms with Gasteiger partial charge in [0.05, 0.1) is 17.0 Å². The Kier molecular flexibility index (Phi) is 4.54. The third kappa shape index (κ3) is 2.90. The molecule has 3 aromatic rings. The molecule has 3 aromatic carbocycles. The zero-order chi connectivity index (χ0) is 24.4. The van der Waals surface area contributed by atoms with E-state index in [-0.39, 0.29) is 46.1 Å². The molecule has 0 aliphatic carbocycles. The lowest BCUT2D eigenvalue weighted by atomic mass is 9.76. The van der Waals surface area contributed by atoms with Gasteiger partial charge in [0.2, 0.25) is 0 Å². The van der Waals surface area contributed by atoms with Crippen molar-refractivity contribution in [1.29, 1.82) is 0 Å². The second-order valence-corrected chi connectivity index (χ2v) is 8.30. The summed E-state index contributed by atoms with van der Waals surface area (Å²) in [6, 6.07) is 11.4. The number of benzene rings is 3. The maximum absolute atomic E-state index is 13.3. The first kappa shape index (κ1) is 21.3. The number of aromatic hydroxyl groups is 2. The summed E-state index contributed by atoms with van der Waals surface area (Å²) in [5, 5.41) is 39.2. The Morgan fingerprint density at radius 1 is 0.912 bits per heavy atom. The summed E-state index contributed by atoms with van der Waals surface area (Å²) in [6.45, 7) is 1.42. The molecule has 4 N–H and O–H groups in total. The van der Waals surface area contributed by atoms with Crippen LogP contribution in [0.25, 0.3) is 0 Å². The third-order valence-corrected chi connectivity index (χ3v) is 6.21. The van der Waals surface area contributed by atoms with Crippen LogP contribution in [0.15, 0.2) is 48.5 Å². The standard InChI is InChI=1S/C25H18O9/c1-11(22(28)29)8-15-14(23(30)31)4-7-18-21(15)24(32)34-25(18)16-5-2-12(26)9-19(16)33-20-10-13(27)3-6-17(20)25/h2-7,9-11,26-27H,8H2,1H3,(H,28,29)(H,30,31). The maximum atomic E-state index is 13.3. The average Bonchev–Trinajstić information content (AvgIpc) is 3.06. The van der Waals surface area contributed by atoms with E-state index in [1.165, 1.54) is 55.5 Å². The first-order chi connectivity index (χ1) is 16.1. The number of hydrogen-bond acceptors (Lipinski definition) is 7. The van der Waals surface area contributed by atoms with Gasteiger partial charge in [-0.05, 0) is 42.3 Å². The van der Waals surface area contributed by atoms with Crippen molar-refractivity contribution in [2.75, 3.05) is 0 Å². The molecular formula is C25H18O9. The largest absolute Gasteiger partial charge is 0.508 e. The van der Waals surface area contributed by atoms with Crippen LogP contribution in [-0.2, 0) is 21.6 Å². The Morgan fingerprint density at radius 3 is 2.00 bits per heavy atom. The van der Waals surface area contributed by atoms with Gasteiger partial charge < -0.3 is 29.9 Å². The van der Waals surface area contributed by atoms with Crippen molar-refractivity contribution < 1.29 is 44.3 Å². The van der Waals surface area contributed by atoms with Gasteiger partial charge in [0.1, 0.15) is 23.0 Å². The van der Waals surface area contributed by atoms with Gasteiger partial charge in [-0.15, -0.1) is 0 Å². The first-order valence-electron chi connectivity index (χ1n) is 10.3. The van der Waals surface area contributed by atoms with E-state index in [4.69, 9.17) is 9.47 Å². The average molecular weight is 462 g/mol. The molecule has 5 rings (SSSR count). The lowest BCUT2D eigenvalue weighted by Gasteiger charge is -2.36. The highest BCUT2D eigenvalue weighted by molar-refractivity contribution is 6.02. The molecule has 2 heterocycles. The number of carbonyl (C=O) groups excluding carboxylic acids is 1. The molecule has 2 aliphatic heterocycles. The van der Waals surface area contributed by atoms with Gasteiger partial charge in [-0.2, -0.15) is 0 Å². The SMILES string of the molecule is CC(Cc1c(C(=O)O)ccc2c1C(=O)OC21c2ccc(O)cc2Oc2cc(O)ccc21)C(=O)O. The van der Waals surface area contributed by atoms with Gasteiger partial charge in [0.15, 0.2) is 5.60 Å². The molecule has 1 unspecified atom stereocenters. The number of ether oxygens (including phenoxy) is 2. The number of phenolic OH excluding ortho intramolecular Hbond substituents is 2. The Balaban J connectivity index is 1.85. The van der Waals surface area contributed by atoms with Crippen LogP contribution in [0, 0.1) is 5.92 Å². The van der Waals surface area contributed by atoms with Crippen molar-refractivity contribution in [2.24, 2.45) is 5.92 Å². The second kappa shape index (κ2) is 7.24. The fraction of sp³-hybridized carbons (Fsp3) is 0.160. The van der Waals surface area contributed by atoms with Gasteiger partial charge in [-0.3, -0.25) is 4.79 Å². The molecule has 0 bridgehead atoms. The number of aliphatic carboxylic acids is 1. The van der Waals surface area contributed by atoms with Gasteiger partial charge in [-0.25, -0.2) is 9.59 Å². The zero-order valence-corrected chi connectivity index (χ0v) is 17.7. The van der Waals surface area contributed by atoms with E-state index < -0.39 is 29.4 Å². The lowest BCUT2D eigenvalue weighted by Crippen LogP contribution is -2.33. The molecule has 0 saturated carbocycles. The van der Waals surface area contributed by atoms with Gasteiger partial charge >= 0.3 is 17.9 Å². The second-order valence-electron chi connectivity index (χ2n) is 8.30. The molecule has 34 heavy (non-hydrogen) atoms. The number of phenols is 2. The summed E-state index contributed by atoms with van der Waals surface area (Å²) < 4.78 is 11.9. The molecule has 0 aromatic heterocycles. The van der Waals surface area contributed by atoms with Crippen LogP contribution in [0.4, 0.5) is 0 Å². The Hall–Kier alpha value is -4.53. The highest BCUT2D eigenvalue weighted by Crippen LogP contribution is 2.57. The fourth-order valence-electron chi connectivity index (χ4n) is 4.66. The normalized spacial score (nSPS) is 15.5. The molecule has 1 atom stereocenters. The molecule has 9 heteroatoms. The number of hydrogen-bond donors (Lipinski definition) is 4. The van der Waals surface area contributed by atoms with Crippen molar-refractivity contribution in [2.45, 2.75) is 18.9 Å². The van der Waals surface area contributed by atoms with Crippen LogP contribution in [0.1, 0.15) is 49.9 Å². The van der Waals surface area contributed by atoms with Crippen LogP contribution in [0.3, 0.4) is 0 Å². The van der Waals surface area contributed by atoms with Crippen molar-refractivity contribution in [3.63, 3.8) is 0 Å². The van der Waals surface area contributed by atoms with Crippen LogP contribution in [0.2, 0.25) is 0 Å². The Morgan fingerprint density at radius 2 is 1.47 bits per heavy atom. The van der Waals surface area contributed by atoms with Crippen molar-refractivity contribution >= 4 is 17.9 Å². The summed E-state index contributed by atoms with van der Waals surface area (Å²) in [4.78, 5) is 36.8. The topological polar surface area (TPSA) is 151 Å². The smallest absolute Gasteiger partial charge is 0.340 e. The summed E-state index contributed by atoms with van der Waals surface area (Å²) in [6.07, 6.45) is -0.202. The molecule has 0 fully saturated rings. The van der Waals surface area contributed by atoms with E-state index in [1.807, 2.05) is 0 Å². The molecular weight excluding hydrogens is 444 g/mol. The van der Waals surface area contributed by atoms with E-state index in [9.17, 15) is 34.8 Å². The fourth-order valence-corrected chi connectivity index (χ4v) is 4.66. The van der Waals surface area contributed by atoms with Crippen molar-refractivity contribution in [3.05, 3.63) is 81.9 Å². The zero-order valence-electron chi connectivity index (χ0n) is 17.7. The minimum atomic E-state index is -1.56. The number of carboxylic acid groups (broad SMARTS) is 2. The quantitative estimate of drug-likeness (QED) is 0.426. The molecule has 172 valence electrons. The molecule has 0 amide bonds. The Bertz CT molecular complexity index is 1350. The van der Waals surface area contributed by atoms with Crippen molar-refractivity contribution in [1.82, 2.24) is 0 Å². The molecule has 2 aliphatic rings. The van der Waals surface area contributed by atoms with Crippen molar-refractivity contribution in [3.8, 4) is 23.0 Å². The highest BCUT2D eigenvalue weighted by Gasteiger charge is 2.54. The predicted molar refractivity (Wildman–Crippen MR) is 115 cm³/mol. The monoisotopic (exact) mass is 462 g/mol. The summed E-state index contributed by atoms with van der Waals surface area (Å²) in [5.74, 6) is -4.04. The lowest BCUT2D eigenvalue weighted by molar-refractivity contribution is -0.141. The van der Waals surface area contributed by atoms with E-state index in [2.05, 4.69) is 0 Å². The van der Waals surface area contributed by atoms with Crippen LogP contribution < -0.4 is 4.74 Å². The molecule has 0 radical (unpaired) electrons. The summed E-state index contributed by atoms with van der Waals surface area (Å²) in [7, 11) is 0. The van der Waals surface area contributed by atoms with Gasteiger partial charge in [-0.1, -0.05) is 13.0 Å². The highest BCUT2D eigenvalue weighted by atomic mass is 16.6. The maximum Gasteiger partial charge on any atom is 0.340 e. The number of carboxylic acids is 2.